The molecule has 1 aliphatic rings. The van der Waals surface area contributed by atoms with Gasteiger partial charge < -0.3 is 15.0 Å². The van der Waals surface area contributed by atoms with Crippen LogP contribution in [0.3, 0.4) is 0 Å². The molecule has 1 aliphatic heterocycles. The average molecular weight is 369 g/mol. The highest BCUT2D eigenvalue weighted by Gasteiger charge is 2.22. The van der Waals surface area contributed by atoms with Crippen LogP contribution in [0, 0.1) is 10.1 Å². The lowest BCUT2D eigenvalue weighted by Crippen LogP contribution is -2.40. The van der Waals surface area contributed by atoms with Gasteiger partial charge in [-0.3, -0.25) is 14.9 Å². The monoisotopic (exact) mass is 369 g/mol. The van der Waals surface area contributed by atoms with Crippen LogP contribution >= 0.6 is 0 Å². The predicted octanol–water partition coefficient (Wildman–Crippen LogP) is 3.11. The van der Waals surface area contributed by atoms with Gasteiger partial charge in [0.15, 0.2) is 0 Å². The molecule has 1 heterocycles. The van der Waals surface area contributed by atoms with E-state index in [1.807, 2.05) is 18.2 Å². The van der Waals surface area contributed by atoms with Crippen LogP contribution in [0.15, 0.2) is 48.5 Å². The Morgan fingerprint density at radius 2 is 1.89 bits per heavy atom. The Hall–Kier alpha value is -2.93. The second-order valence-electron chi connectivity index (χ2n) is 6.41. The van der Waals surface area contributed by atoms with E-state index in [9.17, 15) is 14.9 Å². The van der Waals surface area contributed by atoms with E-state index in [2.05, 4.69) is 17.4 Å². The van der Waals surface area contributed by atoms with Crippen LogP contribution in [0.1, 0.15) is 22.3 Å². The van der Waals surface area contributed by atoms with Crippen LogP contribution < -0.4 is 5.32 Å². The molecule has 0 unspecified atom stereocenters. The number of aryl methyl sites for hydroxylation is 1. The number of hydrogen-bond acceptors (Lipinski definition) is 5. The summed E-state index contributed by atoms with van der Waals surface area (Å²) in [6, 6.07) is 14.7. The summed E-state index contributed by atoms with van der Waals surface area (Å²) in [6.45, 7) is 2.62. The number of rotatable bonds is 7. The van der Waals surface area contributed by atoms with Gasteiger partial charge in [0.1, 0.15) is 5.69 Å². The molecule has 1 N–H and O–H groups in total. The number of benzene rings is 2. The molecule has 142 valence electrons. The summed E-state index contributed by atoms with van der Waals surface area (Å²) < 4.78 is 5.24. The lowest BCUT2D eigenvalue weighted by atomic mass is 10.1. The van der Waals surface area contributed by atoms with E-state index in [-0.39, 0.29) is 11.6 Å². The summed E-state index contributed by atoms with van der Waals surface area (Å²) in [5.74, 6) is -0.197. The lowest BCUT2D eigenvalue weighted by Gasteiger charge is -2.26. The Balaban J connectivity index is 1.63. The molecule has 3 rings (SSSR count). The number of anilines is 1. The second-order valence-corrected chi connectivity index (χ2v) is 6.41. The Labute approximate surface area is 158 Å². The number of carbonyl (C=O) groups excluding carboxylic acids is 1. The van der Waals surface area contributed by atoms with Crippen molar-refractivity contribution in [3.63, 3.8) is 0 Å². The predicted molar refractivity (Wildman–Crippen MR) is 103 cm³/mol. The molecular weight excluding hydrogens is 346 g/mol. The number of nitrogens with one attached hydrogen (secondary N) is 1. The zero-order chi connectivity index (χ0) is 19.1. The molecule has 0 radical (unpaired) electrons. The summed E-state index contributed by atoms with van der Waals surface area (Å²) in [7, 11) is 0. The molecule has 0 spiro atoms. The summed E-state index contributed by atoms with van der Waals surface area (Å²) in [5.41, 5.74) is 1.93. The molecule has 1 saturated heterocycles. The van der Waals surface area contributed by atoms with Crippen molar-refractivity contribution in [1.29, 1.82) is 0 Å². The van der Waals surface area contributed by atoms with E-state index < -0.39 is 4.92 Å². The fourth-order valence-electron chi connectivity index (χ4n) is 3.07. The van der Waals surface area contributed by atoms with Crippen molar-refractivity contribution in [2.75, 3.05) is 38.2 Å². The van der Waals surface area contributed by atoms with Gasteiger partial charge in [0.2, 0.25) is 0 Å². The van der Waals surface area contributed by atoms with Crippen molar-refractivity contribution in [2.24, 2.45) is 0 Å². The molecule has 0 aromatic heterocycles. The van der Waals surface area contributed by atoms with Crippen LogP contribution in [-0.4, -0.2) is 48.6 Å². The molecule has 2 aromatic rings. The molecule has 1 fully saturated rings. The van der Waals surface area contributed by atoms with Crippen molar-refractivity contribution >= 4 is 17.3 Å². The van der Waals surface area contributed by atoms with Gasteiger partial charge in [0, 0.05) is 31.3 Å². The van der Waals surface area contributed by atoms with E-state index in [4.69, 9.17) is 4.74 Å². The third-order valence-corrected chi connectivity index (χ3v) is 4.54. The molecule has 0 saturated carbocycles. The topological polar surface area (TPSA) is 84.7 Å². The summed E-state index contributed by atoms with van der Waals surface area (Å²) in [5, 5.41) is 14.6. The molecule has 7 heteroatoms. The van der Waals surface area contributed by atoms with Crippen LogP contribution in [-0.2, 0) is 11.2 Å². The van der Waals surface area contributed by atoms with E-state index in [1.165, 1.54) is 11.6 Å². The van der Waals surface area contributed by atoms with Crippen molar-refractivity contribution in [3.8, 4) is 0 Å². The molecule has 0 aliphatic carbocycles. The average Bonchev–Trinajstić information content (AvgIpc) is 2.72. The maximum atomic E-state index is 12.5. The summed E-state index contributed by atoms with van der Waals surface area (Å²) >= 11 is 0. The van der Waals surface area contributed by atoms with Gasteiger partial charge in [-0.15, -0.1) is 0 Å². The molecule has 7 nitrogen and oxygen atoms in total. The minimum atomic E-state index is -0.449. The maximum absolute atomic E-state index is 12.5. The SMILES string of the molecule is O=C(c1ccc(NCCCc2ccccc2)c([N+](=O)[O-])c1)N1CCOCC1. The fraction of sp³-hybridized carbons (Fsp3) is 0.350. The van der Waals surface area contributed by atoms with E-state index in [0.29, 0.717) is 44.1 Å². The number of hydrogen-bond donors (Lipinski definition) is 1. The highest BCUT2D eigenvalue weighted by Crippen LogP contribution is 2.26. The van der Waals surface area contributed by atoms with Gasteiger partial charge in [-0.25, -0.2) is 0 Å². The highest BCUT2D eigenvalue weighted by molar-refractivity contribution is 5.95. The molecular formula is C20H23N3O4. The molecule has 0 bridgehead atoms. The van der Waals surface area contributed by atoms with Gasteiger partial charge in [0.05, 0.1) is 18.1 Å². The van der Waals surface area contributed by atoms with E-state index >= 15 is 0 Å². The zero-order valence-corrected chi connectivity index (χ0v) is 15.1. The largest absolute Gasteiger partial charge is 0.379 e. The smallest absolute Gasteiger partial charge is 0.293 e. The van der Waals surface area contributed by atoms with E-state index in [1.54, 1.807) is 17.0 Å². The van der Waals surface area contributed by atoms with Gasteiger partial charge in [-0.2, -0.15) is 0 Å². The van der Waals surface area contributed by atoms with Crippen LogP contribution in [0.25, 0.3) is 0 Å². The lowest BCUT2D eigenvalue weighted by molar-refractivity contribution is -0.384. The molecule has 0 atom stereocenters. The van der Waals surface area contributed by atoms with Crippen LogP contribution in [0.4, 0.5) is 11.4 Å². The number of morpholine rings is 1. The third-order valence-electron chi connectivity index (χ3n) is 4.54. The van der Waals surface area contributed by atoms with Crippen molar-refractivity contribution < 1.29 is 14.5 Å². The number of ether oxygens (including phenoxy) is 1. The number of nitro groups is 1. The standard InChI is InChI=1S/C20H23N3O4/c24-20(22-11-13-27-14-12-22)17-8-9-18(19(15-17)23(25)26)21-10-4-7-16-5-2-1-3-6-16/h1-3,5-6,8-9,15,21H,4,7,10-14H2. The van der Waals surface area contributed by atoms with Crippen LogP contribution in [0.2, 0.25) is 0 Å². The van der Waals surface area contributed by atoms with E-state index in [0.717, 1.165) is 12.8 Å². The zero-order valence-electron chi connectivity index (χ0n) is 15.1. The van der Waals surface area contributed by atoms with Gasteiger partial charge in [-0.1, -0.05) is 30.3 Å². The molecule has 2 aromatic carbocycles. The van der Waals surface area contributed by atoms with Crippen molar-refractivity contribution in [1.82, 2.24) is 4.90 Å². The minimum Gasteiger partial charge on any atom is -0.379 e. The highest BCUT2D eigenvalue weighted by atomic mass is 16.6. The minimum absolute atomic E-state index is 0.0752. The Kier molecular flexibility index (Phi) is 6.38. The quantitative estimate of drug-likeness (QED) is 0.460. The number of nitro benzene ring substituents is 1. The number of carbonyl (C=O) groups is 1. The number of nitrogens with zero attached hydrogens (tertiary/aromatic N) is 2. The Morgan fingerprint density at radius 3 is 2.59 bits per heavy atom. The Bertz CT molecular complexity index is 789. The number of amides is 1. The summed E-state index contributed by atoms with van der Waals surface area (Å²) in [6.07, 6.45) is 1.75. The van der Waals surface area contributed by atoms with Gasteiger partial charge in [0.25, 0.3) is 11.6 Å². The van der Waals surface area contributed by atoms with Gasteiger partial charge >= 0.3 is 0 Å². The first kappa shape index (κ1) is 18.8. The van der Waals surface area contributed by atoms with Gasteiger partial charge in [-0.05, 0) is 30.5 Å². The third kappa shape index (κ3) is 5.04. The molecule has 27 heavy (non-hydrogen) atoms. The second kappa shape index (κ2) is 9.14. The van der Waals surface area contributed by atoms with Crippen LogP contribution in [0.5, 0.6) is 0 Å². The first-order chi connectivity index (χ1) is 13.1. The summed E-state index contributed by atoms with van der Waals surface area (Å²) in [4.78, 5) is 25.2. The molecule has 1 amide bonds. The Morgan fingerprint density at radius 1 is 1.15 bits per heavy atom. The maximum Gasteiger partial charge on any atom is 0.293 e. The van der Waals surface area contributed by atoms with Crippen molar-refractivity contribution in [2.45, 2.75) is 12.8 Å². The normalized spacial score (nSPS) is 14.0. The van der Waals surface area contributed by atoms with Crippen molar-refractivity contribution in [3.05, 3.63) is 69.8 Å². The fourth-order valence-corrected chi connectivity index (χ4v) is 3.07. The first-order valence-electron chi connectivity index (χ1n) is 9.08. The first-order valence-corrected chi connectivity index (χ1v) is 9.08.